The van der Waals surface area contributed by atoms with Crippen molar-refractivity contribution in [2.45, 2.75) is 13.8 Å². The summed E-state index contributed by atoms with van der Waals surface area (Å²) in [6, 6.07) is 7.67. The van der Waals surface area contributed by atoms with Crippen LogP contribution < -0.4 is 0 Å². The van der Waals surface area contributed by atoms with Gasteiger partial charge in [-0.3, -0.25) is 0 Å². The molecule has 0 aliphatic rings. The highest BCUT2D eigenvalue weighted by atomic mass is 16.3. The molecule has 3 heteroatoms. The van der Waals surface area contributed by atoms with Gasteiger partial charge in [0.2, 0.25) is 0 Å². The molecule has 0 saturated carbocycles. The molecule has 0 fully saturated rings. The molecular formula is C15H14N2O. The van der Waals surface area contributed by atoms with Crippen LogP contribution in [0.2, 0.25) is 0 Å². The number of hydrogen-bond donors (Lipinski definition) is 2. The molecule has 0 radical (unpaired) electrons. The number of fused-ring (bicyclic) bond motifs is 1. The number of rotatable bonds is 1. The Labute approximate surface area is 105 Å². The van der Waals surface area contributed by atoms with Gasteiger partial charge in [0.15, 0.2) is 0 Å². The predicted molar refractivity (Wildman–Crippen MR) is 72.7 cm³/mol. The summed E-state index contributed by atoms with van der Waals surface area (Å²) in [4.78, 5) is 7.49. The Bertz CT molecular complexity index is 728. The maximum atomic E-state index is 9.60. The van der Waals surface area contributed by atoms with Crippen LogP contribution in [0.25, 0.3) is 22.2 Å². The molecule has 0 atom stereocenters. The topological polar surface area (TPSA) is 48.9 Å². The highest BCUT2D eigenvalue weighted by molar-refractivity contribution is 5.95. The minimum Gasteiger partial charge on any atom is -0.508 e. The molecule has 0 bridgehead atoms. The van der Waals surface area contributed by atoms with Crippen molar-refractivity contribution in [2.75, 3.05) is 0 Å². The van der Waals surface area contributed by atoms with Crippen LogP contribution >= 0.6 is 0 Å². The van der Waals surface area contributed by atoms with Gasteiger partial charge < -0.3 is 10.1 Å². The quantitative estimate of drug-likeness (QED) is 0.681. The van der Waals surface area contributed by atoms with E-state index < -0.39 is 0 Å². The highest BCUT2D eigenvalue weighted by Gasteiger charge is 2.09. The number of aryl methyl sites for hydroxylation is 2. The normalized spacial score (nSPS) is 11.0. The zero-order valence-electron chi connectivity index (χ0n) is 10.4. The van der Waals surface area contributed by atoms with Gasteiger partial charge in [-0.1, -0.05) is 6.07 Å². The van der Waals surface area contributed by atoms with Gasteiger partial charge >= 0.3 is 0 Å². The standard InChI is InChI=1S/C15H14N2O/c1-9-7-11(3-4-13(9)18)12-5-6-16-15-14(12)10(2)8-17-15/h3-8,18H,1-2H3,(H,16,17). The fourth-order valence-corrected chi connectivity index (χ4v) is 2.28. The number of phenolic OH excluding ortho intramolecular Hbond substituents is 1. The molecule has 90 valence electrons. The second-order valence-electron chi connectivity index (χ2n) is 4.56. The third kappa shape index (κ3) is 1.56. The molecule has 18 heavy (non-hydrogen) atoms. The van der Waals surface area contributed by atoms with Crippen LogP contribution in [0.4, 0.5) is 0 Å². The molecule has 0 amide bonds. The largest absolute Gasteiger partial charge is 0.508 e. The first-order chi connectivity index (χ1) is 8.66. The van der Waals surface area contributed by atoms with E-state index in [9.17, 15) is 5.11 Å². The Morgan fingerprint density at radius 1 is 1.11 bits per heavy atom. The van der Waals surface area contributed by atoms with Crippen molar-refractivity contribution in [1.29, 1.82) is 0 Å². The van der Waals surface area contributed by atoms with Crippen molar-refractivity contribution in [2.24, 2.45) is 0 Å². The summed E-state index contributed by atoms with van der Waals surface area (Å²) in [7, 11) is 0. The van der Waals surface area contributed by atoms with Crippen LogP contribution in [0.3, 0.4) is 0 Å². The van der Waals surface area contributed by atoms with Gasteiger partial charge in [0, 0.05) is 17.8 Å². The molecule has 3 aromatic rings. The number of pyridine rings is 1. The number of nitrogens with one attached hydrogen (secondary N) is 1. The number of H-pyrrole nitrogens is 1. The molecule has 0 aliphatic heterocycles. The Hall–Kier alpha value is -2.29. The van der Waals surface area contributed by atoms with E-state index in [0.29, 0.717) is 5.75 Å². The molecule has 0 unspecified atom stereocenters. The van der Waals surface area contributed by atoms with E-state index in [0.717, 1.165) is 27.7 Å². The molecular weight excluding hydrogens is 224 g/mol. The highest BCUT2D eigenvalue weighted by Crippen LogP contribution is 2.31. The lowest BCUT2D eigenvalue weighted by atomic mass is 10.00. The number of nitrogens with zero attached hydrogens (tertiary/aromatic N) is 1. The van der Waals surface area contributed by atoms with Crippen molar-refractivity contribution in [3.63, 3.8) is 0 Å². The lowest BCUT2D eigenvalue weighted by Gasteiger charge is -2.06. The van der Waals surface area contributed by atoms with Crippen LogP contribution in [-0.4, -0.2) is 15.1 Å². The smallest absolute Gasteiger partial charge is 0.138 e. The van der Waals surface area contributed by atoms with E-state index in [1.54, 1.807) is 12.3 Å². The number of phenols is 1. The van der Waals surface area contributed by atoms with Crippen molar-refractivity contribution >= 4 is 11.0 Å². The second-order valence-corrected chi connectivity index (χ2v) is 4.56. The van der Waals surface area contributed by atoms with Crippen LogP contribution in [-0.2, 0) is 0 Å². The number of aromatic nitrogens is 2. The summed E-state index contributed by atoms with van der Waals surface area (Å²) in [5.74, 6) is 0.329. The number of benzene rings is 1. The van der Waals surface area contributed by atoms with Crippen LogP contribution in [0.5, 0.6) is 5.75 Å². The lowest BCUT2D eigenvalue weighted by Crippen LogP contribution is -1.85. The zero-order chi connectivity index (χ0) is 12.7. The van der Waals surface area contributed by atoms with Crippen molar-refractivity contribution in [1.82, 2.24) is 9.97 Å². The number of aromatic hydroxyl groups is 1. The molecule has 3 nitrogen and oxygen atoms in total. The maximum absolute atomic E-state index is 9.60. The third-order valence-electron chi connectivity index (χ3n) is 3.28. The Morgan fingerprint density at radius 3 is 2.72 bits per heavy atom. The van der Waals surface area contributed by atoms with E-state index in [1.165, 1.54) is 5.56 Å². The Balaban J connectivity index is 2.30. The summed E-state index contributed by atoms with van der Waals surface area (Å²) in [5.41, 5.74) is 5.20. The molecule has 3 rings (SSSR count). The van der Waals surface area contributed by atoms with E-state index >= 15 is 0 Å². The van der Waals surface area contributed by atoms with Crippen LogP contribution in [0.15, 0.2) is 36.7 Å². The third-order valence-corrected chi connectivity index (χ3v) is 3.28. The van der Waals surface area contributed by atoms with Crippen molar-refractivity contribution in [3.05, 3.63) is 47.8 Å². The molecule has 2 aromatic heterocycles. The summed E-state index contributed by atoms with van der Waals surface area (Å²) in [5, 5.41) is 10.7. The van der Waals surface area contributed by atoms with E-state index in [4.69, 9.17) is 0 Å². The SMILES string of the molecule is Cc1cc(-c2ccnc3[nH]cc(C)c23)ccc1O. The summed E-state index contributed by atoms with van der Waals surface area (Å²) in [6.07, 6.45) is 3.77. The first-order valence-corrected chi connectivity index (χ1v) is 5.89. The summed E-state index contributed by atoms with van der Waals surface area (Å²) < 4.78 is 0. The molecule has 0 saturated heterocycles. The van der Waals surface area contributed by atoms with E-state index in [-0.39, 0.29) is 0 Å². The van der Waals surface area contributed by atoms with Gasteiger partial charge in [-0.2, -0.15) is 0 Å². The fraction of sp³-hybridized carbons (Fsp3) is 0.133. The molecule has 0 spiro atoms. The summed E-state index contributed by atoms with van der Waals surface area (Å²) in [6.45, 7) is 3.97. The van der Waals surface area contributed by atoms with Crippen molar-refractivity contribution < 1.29 is 5.11 Å². The zero-order valence-corrected chi connectivity index (χ0v) is 10.4. The fourth-order valence-electron chi connectivity index (χ4n) is 2.28. The second kappa shape index (κ2) is 3.88. The van der Waals surface area contributed by atoms with Gasteiger partial charge in [-0.25, -0.2) is 4.98 Å². The van der Waals surface area contributed by atoms with Crippen molar-refractivity contribution in [3.8, 4) is 16.9 Å². The average Bonchev–Trinajstić information content (AvgIpc) is 2.75. The van der Waals surface area contributed by atoms with Crippen LogP contribution in [0, 0.1) is 13.8 Å². The number of aromatic amines is 1. The molecule has 1 aromatic carbocycles. The first kappa shape index (κ1) is 10.8. The molecule has 2 heterocycles. The lowest BCUT2D eigenvalue weighted by molar-refractivity contribution is 0.471. The summed E-state index contributed by atoms with van der Waals surface area (Å²) >= 11 is 0. The molecule has 0 aliphatic carbocycles. The van der Waals surface area contributed by atoms with Gasteiger partial charge in [0.25, 0.3) is 0 Å². The minimum absolute atomic E-state index is 0.329. The van der Waals surface area contributed by atoms with E-state index in [1.807, 2.05) is 31.3 Å². The average molecular weight is 238 g/mol. The minimum atomic E-state index is 0.329. The van der Waals surface area contributed by atoms with Gasteiger partial charge in [0.05, 0.1) is 0 Å². The number of hydrogen-bond acceptors (Lipinski definition) is 2. The Morgan fingerprint density at radius 2 is 1.94 bits per heavy atom. The monoisotopic (exact) mass is 238 g/mol. The Kier molecular flexibility index (Phi) is 2.33. The van der Waals surface area contributed by atoms with Gasteiger partial charge in [-0.15, -0.1) is 0 Å². The molecule has 2 N–H and O–H groups in total. The first-order valence-electron chi connectivity index (χ1n) is 5.89. The van der Waals surface area contributed by atoms with Crippen LogP contribution in [0.1, 0.15) is 11.1 Å². The predicted octanol–water partition coefficient (Wildman–Crippen LogP) is 3.55. The van der Waals surface area contributed by atoms with Gasteiger partial charge in [0.1, 0.15) is 11.4 Å². The maximum Gasteiger partial charge on any atom is 0.138 e. The van der Waals surface area contributed by atoms with E-state index in [2.05, 4.69) is 16.9 Å². The van der Waals surface area contributed by atoms with Gasteiger partial charge in [-0.05, 0) is 54.3 Å².